The van der Waals surface area contributed by atoms with Gasteiger partial charge in [0.05, 0.1) is 4.88 Å². The van der Waals surface area contributed by atoms with Crippen molar-refractivity contribution in [3.8, 4) is 0 Å². The topological polar surface area (TPSA) is 61.4 Å². The first-order valence-electron chi connectivity index (χ1n) is 10.1. The predicted octanol–water partition coefficient (Wildman–Crippen LogP) is 4.77. The minimum atomic E-state index is -0.173. The molecule has 2 amide bonds. The summed E-state index contributed by atoms with van der Waals surface area (Å²) in [7, 11) is 0. The van der Waals surface area contributed by atoms with Gasteiger partial charge in [-0.25, -0.2) is 0 Å². The van der Waals surface area contributed by atoms with Gasteiger partial charge in [0.25, 0.3) is 11.8 Å². The molecule has 0 radical (unpaired) electrons. The molecule has 3 aromatic rings. The number of nitrogens with one attached hydrogen (secondary N) is 2. The third-order valence-electron chi connectivity index (χ3n) is 4.97. The Kier molecular flexibility index (Phi) is 7.76. The van der Waals surface area contributed by atoms with E-state index in [2.05, 4.69) is 41.5 Å². The van der Waals surface area contributed by atoms with Crippen LogP contribution in [-0.2, 0) is 13.1 Å². The molecule has 0 atom stereocenters. The van der Waals surface area contributed by atoms with Crippen LogP contribution in [0, 0.1) is 0 Å². The van der Waals surface area contributed by atoms with Crippen LogP contribution in [0.4, 0.5) is 5.69 Å². The standard InChI is InChI=1S/C24H27N3O2S/c1-3-27(4-2)17-20-10-6-5-9-19(20)16-25-23(28)18-11-7-12-21(15-18)26-24(29)22-13-8-14-30-22/h5-15H,3-4,16-17H2,1-2H3,(H,25,28)(H,26,29). The summed E-state index contributed by atoms with van der Waals surface area (Å²) in [5.41, 5.74) is 3.45. The molecule has 1 heterocycles. The van der Waals surface area contributed by atoms with Gasteiger partial charge in [-0.2, -0.15) is 0 Å². The largest absolute Gasteiger partial charge is 0.348 e. The number of rotatable bonds is 9. The van der Waals surface area contributed by atoms with E-state index in [1.807, 2.05) is 23.6 Å². The maximum Gasteiger partial charge on any atom is 0.265 e. The molecule has 5 nitrogen and oxygen atoms in total. The van der Waals surface area contributed by atoms with Crippen molar-refractivity contribution >= 4 is 28.8 Å². The normalized spacial score (nSPS) is 10.8. The Bertz CT molecular complexity index is 982. The fourth-order valence-corrected chi connectivity index (χ4v) is 3.81. The van der Waals surface area contributed by atoms with Crippen LogP contribution in [0.2, 0.25) is 0 Å². The lowest BCUT2D eigenvalue weighted by Crippen LogP contribution is -2.26. The molecule has 0 bridgehead atoms. The van der Waals surface area contributed by atoms with E-state index in [4.69, 9.17) is 0 Å². The molecule has 0 fully saturated rings. The first-order chi connectivity index (χ1) is 14.6. The van der Waals surface area contributed by atoms with Crippen molar-refractivity contribution in [2.45, 2.75) is 26.9 Å². The van der Waals surface area contributed by atoms with Crippen LogP contribution in [0.5, 0.6) is 0 Å². The number of benzene rings is 2. The molecule has 0 saturated heterocycles. The summed E-state index contributed by atoms with van der Waals surface area (Å²) in [4.78, 5) is 27.9. The zero-order valence-corrected chi connectivity index (χ0v) is 18.2. The molecule has 30 heavy (non-hydrogen) atoms. The lowest BCUT2D eigenvalue weighted by molar-refractivity contribution is 0.0949. The Morgan fingerprint density at radius 1 is 0.900 bits per heavy atom. The number of hydrogen-bond acceptors (Lipinski definition) is 4. The summed E-state index contributed by atoms with van der Waals surface area (Å²) in [5, 5.41) is 7.71. The van der Waals surface area contributed by atoms with Gasteiger partial charge in [0.2, 0.25) is 0 Å². The van der Waals surface area contributed by atoms with E-state index in [9.17, 15) is 9.59 Å². The minimum absolute atomic E-state index is 0.167. The number of nitrogens with zero attached hydrogens (tertiary/aromatic N) is 1. The maximum absolute atomic E-state index is 12.7. The summed E-state index contributed by atoms with van der Waals surface area (Å²) < 4.78 is 0. The van der Waals surface area contributed by atoms with Crippen LogP contribution >= 0.6 is 11.3 Å². The number of thiophene rings is 1. The van der Waals surface area contributed by atoms with Crippen LogP contribution in [-0.4, -0.2) is 29.8 Å². The van der Waals surface area contributed by atoms with Crippen molar-refractivity contribution < 1.29 is 9.59 Å². The third kappa shape index (κ3) is 5.78. The highest BCUT2D eigenvalue weighted by molar-refractivity contribution is 7.12. The Morgan fingerprint density at radius 3 is 2.37 bits per heavy atom. The minimum Gasteiger partial charge on any atom is -0.348 e. The second-order valence-electron chi connectivity index (χ2n) is 6.93. The van der Waals surface area contributed by atoms with Gasteiger partial charge in [0, 0.05) is 24.3 Å². The molecule has 0 aliphatic carbocycles. The van der Waals surface area contributed by atoms with Crippen molar-refractivity contribution in [1.29, 1.82) is 0 Å². The van der Waals surface area contributed by atoms with Gasteiger partial charge in [-0.15, -0.1) is 11.3 Å². The van der Waals surface area contributed by atoms with Gasteiger partial charge in [-0.3, -0.25) is 14.5 Å². The Hall–Kier alpha value is -2.96. The molecule has 1 aromatic heterocycles. The zero-order chi connectivity index (χ0) is 21.3. The highest BCUT2D eigenvalue weighted by atomic mass is 32.1. The number of anilines is 1. The smallest absolute Gasteiger partial charge is 0.265 e. The van der Waals surface area contributed by atoms with E-state index in [1.165, 1.54) is 16.9 Å². The van der Waals surface area contributed by atoms with Crippen molar-refractivity contribution in [2.75, 3.05) is 18.4 Å². The van der Waals surface area contributed by atoms with Gasteiger partial charge in [-0.05, 0) is 53.9 Å². The molecule has 0 spiro atoms. The van der Waals surface area contributed by atoms with Crippen molar-refractivity contribution in [2.24, 2.45) is 0 Å². The van der Waals surface area contributed by atoms with E-state index in [-0.39, 0.29) is 11.8 Å². The first kappa shape index (κ1) is 21.7. The molecule has 6 heteroatoms. The second-order valence-corrected chi connectivity index (χ2v) is 7.87. The first-order valence-corrected chi connectivity index (χ1v) is 11.0. The molecular formula is C24H27N3O2S. The average Bonchev–Trinajstić information content (AvgIpc) is 3.32. The van der Waals surface area contributed by atoms with Crippen LogP contribution in [0.1, 0.15) is 45.0 Å². The van der Waals surface area contributed by atoms with Gasteiger partial charge >= 0.3 is 0 Å². The van der Waals surface area contributed by atoms with E-state index in [1.54, 1.807) is 30.3 Å². The van der Waals surface area contributed by atoms with Crippen LogP contribution < -0.4 is 10.6 Å². The zero-order valence-electron chi connectivity index (χ0n) is 17.4. The SMILES string of the molecule is CCN(CC)Cc1ccccc1CNC(=O)c1cccc(NC(=O)c2cccs2)c1. The van der Waals surface area contributed by atoms with Gasteiger partial charge in [-0.1, -0.05) is 50.2 Å². The molecule has 0 aliphatic heterocycles. The monoisotopic (exact) mass is 421 g/mol. The van der Waals surface area contributed by atoms with Crippen LogP contribution in [0.3, 0.4) is 0 Å². The molecule has 3 rings (SSSR count). The molecule has 0 unspecified atom stereocenters. The summed E-state index contributed by atoms with van der Waals surface area (Å²) in [6.07, 6.45) is 0. The van der Waals surface area contributed by atoms with E-state index in [0.29, 0.717) is 22.7 Å². The number of hydrogen-bond donors (Lipinski definition) is 2. The molecule has 2 N–H and O–H groups in total. The number of carbonyl (C=O) groups excluding carboxylic acids is 2. The fraction of sp³-hybridized carbons (Fsp3) is 0.250. The highest BCUT2D eigenvalue weighted by Gasteiger charge is 2.11. The lowest BCUT2D eigenvalue weighted by Gasteiger charge is -2.20. The van der Waals surface area contributed by atoms with Crippen molar-refractivity contribution in [1.82, 2.24) is 10.2 Å². The third-order valence-corrected chi connectivity index (χ3v) is 5.84. The predicted molar refractivity (Wildman–Crippen MR) is 123 cm³/mol. The quantitative estimate of drug-likeness (QED) is 0.523. The van der Waals surface area contributed by atoms with E-state index < -0.39 is 0 Å². The average molecular weight is 422 g/mol. The van der Waals surface area contributed by atoms with Crippen molar-refractivity contribution in [3.05, 3.63) is 87.6 Å². The Balaban J connectivity index is 1.64. The molecule has 2 aromatic carbocycles. The molecule has 0 saturated carbocycles. The van der Waals surface area contributed by atoms with Crippen LogP contribution in [0.15, 0.2) is 66.0 Å². The lowest BCUT2D eigenvalue weighted by atomic mass is 10.1. The highest BCUT2D eigenvalue weighted by Crippen LogP contribution is 2.16. The van der Waals surface area contributed by atoms with Gasteiger partial charge in [0.1, 0.15) is 0 Å². The van der Waals surface area contributed by atoms with Gasteiger partial charge in [0.15, 0.2) is 0 Å². The Labute approximate surface area is 181 Å². The number of amides is 2. The maximum atomic E-state index is 12.7. The summed E-state index contributed by atoms with van der Waals surface area (Å²) in [6, 6.07) is 18.8. The van der Waals surface area contributed by atoms with Gasteiger partial charge < -0.3 is 10.6 Å². The van der Waals surface area contributed by atoms with E-state index >= 15 is 0 Å². The molecular weight excluding hydrogens is 394 g/mol. The second kappa shape index (κ2) is 10.7. The summed E-state index contributed by atoms with van der Waals surface area (Å²) in [5.74, 6) is -0.340. The fourth-order valence-electron chi connectivity index (χ4n) is 3.19. The van der Waals surface area contributed by atoms with E-state index in [0.717, 1.165) is 25.2 Å². The summed E-state index contributed by atoms with van der Waals surface area (Å²) in [6.45, 7) is 7.60. The molecule has 0 aliphatic rings. The molecule has 156 valence electrons. The number of carbonyl (C=O) groups is 2. The Morgan fingerprint density at radius 2 is 1.67 bits per heavy atom. The van der Waals surface area contributed by atoms with Crippen LogP contribution in [0.25, 0.3) is 0 Å². The van der Waals surface area contributed by atoms with Crippen molar-refractivity contribution in [3.63, 3.8) is 0 Å². The summed E-state index contributed by atoms with van der Waals surface area (Å²) >= 11 is 1.38.